The Bertz CT molecular complexity index is 688. The van der Waals surface area contributed by atoms with Crippen LogP contribution in [0, 0.1) is 0 Å². The molecule has 0 amide bonds. The zero-order chi connectivity index (χ0) is 17.5. The van der Waals surface area contributed by atoms with Crippen LogP contribution in [0.2, 0.25) is 0 Å². The SMILES string of the molecule is CCC(CC)Oc1ccc(Cc2ccc(NC3=NCCN3)cc2)cc1. The minimum Gasteiger partial charge on any atom is -0.490 e. The molecule has 132 valence electrons. The number of nitrogens with zero attached hydrogens (tertiary/aromatic N) is 1. The first-order valence-electron chi connectivity index (χ1n) is 9.16. The minimum absolute atomic E-state index is 0.310. The van der Waals surface area contributed by atoms with Crippen molar-refractivity contribution in [3.05, 3.63) is 59.7 Å². The maximum Gasteiger partial charge on any atom is 0.195 e. The Morgan fingerprint density at radius 2 is 1.64 bits per heavy atom. The highest BCUT2D eigenvalue weighted by Gasteiger charge is 2.06. The van der Waals surface area contributed by atoms with E-state index in [9.17, 15) is 0 Å². The van der Waals surface area contributed by atoms with E-state index in [-0.39, 0.29) is 0 Å². The lowest BCUT2D eigenvalue weighted by Crippen LogP contribution is -2.26. The van der Waals surface area contributed by atoms with Crippen LogP contribution in [0.5, 0.6) is 5.75 Å². The second kappa shape index (κ2) is 8.56. The Labute approximate surface area is 150 Å². The van der Waals surface area contributed by atoms with Crippen LogP contribution < -0.4 is 15.4 Å². The van der Waals surface area contributed by atoms with Crippen molar-refractivity contribution < 1.29 is 4.74 Å². The number of hydrogen-bond acceptors (Lipinski definition) is 4. The van der Waals surface area contributed by atoms with Crippen molar-refractivity contribution in [3.8, 4) is 5.75 Å². The lowest BCUT2D eigenvalue weighted by atomic mass is 10.0. The van der Waals surface area contributed by atoms with Gasteiger partial charge in [0.05, 0.1) is 12.6 Å². The molecule has 4 heteroatoms. The van der Waals surface area contributed by atoms with Gasteiger partial charge in [0.15, 0.2) is 5.96 Å². The molecular weight excluding hydrogens is 310 g/mol. The molecule has 0 atom stereocenters. The summed E-state index contributed by atoms with van der Waals surface area (Å²) in [6, 6.07) is 17.0. The standard InChI is InChI=1S/C21H27N3O/c1-3-19(4-2)25-20-11-7-17(8-12-20)15-16-5-9-18(10-6-16)24-21-22-13-14-23-21/h5-12,19H,3-4,13-15H2,1-2H3,(H2,22,23,24). The van der Waals surface area contributed by atoms with E-state index in [1.165, 1.54) is 11.1 Å². The van der Waals surface area contributed by atoms with Crippen LogP contribution in [0.25, 0.3) is 0 Å². The second-order valence-corrected chi connectivity index (χ2v) is 6.36. The highest BCUT2D eigenvalue weighted by Crippen LogP contribution is 2.19. The van der Waals surface area contributed by atoms with Gasteiger partial charge in [0.25, 0.3) is 0 Å². The molecule has 0 saturated carbocycles. The maximum atomic E-state index is 5.97. The maximum absolute atomic E-state index is 5.97. The summed E-state index contributed by atoms with van der Waals surface area (Å²) in [6.07, 6.45) is 3.32. The molecular formula is C21H27N3O. The lowest BCUT2D eigenvalue weighted by Gasteiger charge is -2.15. The number of benzene rings is 2. The summed E-state index contributed by atoms with van der Waals surface area (Å²) < 4.78 is 5.97. The summed E-state index contributed by atoms with van der Waals surface area (Å²) in [7, 11) is 0. The molecule has 0 unspecified atom stereocenters. The number of aliphatic imine (C=N–C) groups is 1. The Kier molecular flexibility index (Phi) is 5.94. The summed E-state index contributed by atoms with van der Waals surface area (Å²) in [5.74, 6) is 1.82. The Balaban J connectivity index is 1.56. The third kappa shape index (κ3) is 4.99. The third-order valence-corrected chi connectivity index (χ3v) is 4.44. The Hall–Kier alpha value is -2.49. The quantitative estimate of drug-likeness (QED) is 0.795. The molecule has 4 nitrogen and oxygen atoms in total. The van der Waals surface area contributed by atoms with Crippen LogP contribution in [0.3, 0.4) is 0 Å². The molecule has 0 aromatic heterocycles. The second-order valence-electron chi connectivity index (χ2n) is 6.36. The third-order valence-electron chi connectivity index (χ3n) is 4.44. The summed E-state index contributed by atoms with van der Waals surface area (Å²) >= 11 is 0. The molecule has 1 aliphatic rings. The molecule has 0 saturated heterocycles. The van der Waals surface area contributed by atoms with E-state index in [0.717, 1.165) is 49.7 Å². The predicted molar refractivity (Wildman–Crippen MR) is 105 cm³/mol. The monoisotopic (exact) mass is 337 g/mol. The Morgan fingerprint density at radius 1 is 1.00 bits per heavy atom. The van der Waals surface area contributed by atoms with Gasteiger partial charge in [0.2, 0.25) is 0 Å². The zero-order valence-electron chi connectivity index (χ0n) is 15.1. The van der Waals surface area contributed by atoms with Gasteiger partial charge in [-0.2, -0.15) is 0 Å². The highest BCUT2D eigenvalue weighted by molar-refractivity contribution is 5.94. The van der Waals surface area contributed by atoms with E-state index >= 15 is 0 Å². The molecule has 1 heterocycles. The average molecular weight is 337 g/mol. The van der Waals surface area contributed by atoms with Crippen LogP contribution in [-0.2, 0) is 6.42 Å². The van der Waals surface area contributed by atoms with Gasteiger partial charge in [0.1, 0.15) is 5.75 Å². The average Bonchev–Trinajstić information content (AvgIpc) is 3.16. The van der Waals surface area contributed by atoms with Gasteiger partial charge in [-0.3, -0.25) is 4.99 Å². The molecule has 0 spiro atoms. The van der Waals surface area contributed by atoms with E-state index < -0.39 is 0 Å². The van der Waals surface area contributed by atoms with E-state index in [0.29, 0.717) is 6.10 Å². The van der Waals surface area contributed by atoms with Crippen LogP contribution in [0.1, 0.15) is 37.8 Å². The number of ether oxygens (including phenoxy) is 1. The fraction of sp³-hybridized carbons (Fsp3) is 0.381. The van der Waals surface area contributed by atoms with Crippen molar-refractivity contribution in [2.45, 2.75) is 39.2 Å². The van der Waals surface area contributed by atoms with Crippen molar-refractivity contribution in [3.63, 3.8) is 0 Å². The van der Waals surface area contributed by atoms with Gasteiger partial charge >= 0.3 is 0 Å². The van der Waals surface area contributed by atoms with Gasteiger partial charge in [0, 0.05) is 12.2 Å². The van der Waals surface area contributed by atoms with E-state index in [4.69, 9.17) is 4.74 Å². The van der Waals surface area contributed by atoms with Crippen molar-refractivity contribution in [1.82, 2.24) is 5.32 Å². The first kappa shape index (κ1) is 17.3. The number of hydrogen-bond donors (Lipinski definition) is 2. The summed E-state index contributed by atoms with van der Waals surface area (Å²) in [6.45, 7) is 6.08. The molecule has 2 aromatic carbocycles. The first-order valence-corrected chi connectivity index (χ1v) is 9.16. The molecule has 0 fully saturated rings. The first-order chi connectivity index (χ1) is 12.3. The van der Waals surface area contributed by atoms with Crippen molar-refractivity contribution in [2.24, 2.45) is 4.99 Å². The van der Waals surface area contributed by atoms with Crippen molar-refractivity contribution >= 4 is 11.6 Å². The van der Waals surface area contributed by atoms with E-state index in [1.54, 1.807) is 0 Å². The molecule has 0 bridgehead atoms. The van der Waals surface area contributed by atoms with Crippen LogP contribution in [-0.4, -0.2) is 25.2 Å². The van der Waals surface area contributed by atoms with Gasteiger partial charge in [-0.1, -0.05) is 38.1 Å². The largest absolute Gasteiger partial charge is 0.490 e. The lowest BCUT2D eigenvalue weighted by molar-refractivity contribution is 0.193. The van der Waals surface area contributed by atoms with Crippen LogP contribution >= 0.6 is 0 Å². The fourth-order valence-corrected chi connectivity index (χ4v) is 2.89. The zero-order valence-corrected chi connectivity index (χ0v) is 15.1. The van der Waals surface area contributed by atoms with E-state index in [2.05, 4.69) is 78.0 Å². The van der Waals surface area contributed by atoms with Crippen molar-refractivity contribution in [2.75, 3.05) is 18.4 Å². The van der Waals surface area contributed by atoms with Gasteiger partial charge in [-0.25, -0.2) is 0 Å². The molecule has 0 radical (unpaired) electrons. The van der Waals surface area contributed by atoms with Gasteiger partial charge in [-0.05, 0) is 54.7 Å². The van der Waals surface area contributed by atoms with Gasteiger partial charge < -0.3 is 15.4 Å². The molecule has 3 rings (SSSR count). The van der Waals surface area contributed by atoms with Crippen LogP contribution in [0.4, 0.5) is 5.69 Å². The summed E-state index contributed by atoms with van der Waals surface area (Å²) in [5, 5.41) is 6.50. The smallest absolute Gasteiger partial charge is 0.195 e. The minimum atomic E-state index is 0.310. The summed E-state index contributed by atoms with van der Waals surface area (Å²) in [5.41, 5.74) is 3.64. The number of anilines is 1. The number of nitrogens with one attached hydrogen (secondary N) is 2. The summed E-state index contributed by atoms with van der Waals surface area (Å²) in [4.78, 5) is 4.34. The number of rotatable bonds is 7. The van der Waals surface area contributed by atoms with Gasteiger partial charge in [-0.15, -0.1) is 0 Å². The molecule has 0 aliphatic carbocycles. The normalized spacial score (nSPS) is 13.5. The molecule has 2 aromatic rings. The molecule has 1 aliphatic heterocycles. The highest BCUT2D eigenvalue weighted by atomic mass is 16.5. The number of guanidine groups is 1. The topological polar surface area (TPSA) is 45.6 Å². The molecule has 25 heavy (non-hydrogen) atoms. The van der Waals surface area contributed by atoms with Crippen molar-refractivity contribution in [1.29, 1.82) is 0 Å². The fourth-order valence-electron chi connectivity index (χ4n) is 2.89. The molecule has 2 N–H and O–H groups in total. The Morgan fingerprint density at radius 3 is 2.20 bits per heavy atom. The van der Waals surface area contributed by atoms with E-state index in [1.807, 2.05) is 0 Å². The predicted octanol–water partition coefficient (Wildman–Crippen LogP) is 4.22. The van der Waals surface area contributed by atoms with Crippen LogP contribution in [0.15, 0.2) is 53.5 Å².